The van der Waals surface area contributed by atoms with Crippen molar-refractivity contribution in [2.24, 2.45) is 5.92 Å². The Morgan fingerprint density at radius 1 is 1.26 bits per heavy atom. The monoisotopic (exact) mass is 336 g/mol. The molecule has 1 aromatic rings. The van der Waals surface area contributed by atoms with Crippen LogP contribution in [0.2, 0.25) is 0 Å². The van der Waals surface area contributed by atoms with Crippen molar-refractivity contribution < 1.29 is 17.9 Å². The maximum absolute atomic E-state index is 12.2. The maximum atomic E-state index is 12.2. The molecule has 1 atom stereocenters. The molecule has 0 amide bonds. The number of hydrogen-bond donors (Lipinski definition) is 0. The zero-order valence-corrected chi connectivity index (χ0v) is 14.3. The molecule has 5 heteroatoms. The van der Waals surface area contributed by atoms with E-state index in [1.807, 2.05) is 0 Å². The minimum Gasteiger partial charge on any atom is -0.504 e. The lowest BCUT2D eigenvalue weighted by Gasteiger charge is -2.24. The van der Waals surface area contributed by atoms with Crippen molar-refractivity contribution in [2.45, 2.75) is 43.4 Å². The first-order valence-corrected chi connectivity index (χ1v) is 9.69. The fourth-order valence-electron chi connectivity index (χ4n) is 3.08. The highest BCUT2D eigenvalue weighted by atomic mass is 32.2. The highest BCUT2D eigenvalue weighted by molar-refractivity contribution is 7.92. The predicted octanol–water partition coefficient (Wildman–Crippen LogP) is 3.53. The molecule has 1 aromatic carbocycles. The summed E-state index contributed by atoms with van der Waals surface area (Å²) in [6.07, 6.45) is 7.16. The average molecular weight is 336 g/mol. The molecular weight excluding hydrogens is 312 g/mol. The molecule has 0 saturated heterocycles. The number of benzene rings is 1. The van der Waals surface area contributed by atoms with Gasteiger partial charge in [0, 0.05) is 6.42 Å². The number of hydrogen-bond acceptors (Lipinski definition) is 4. The van der Waals surface area contributed by atoms with E-state index in [9.17, 15) is 13.2 Å². The topological polar surface area (TPSA) is 60.4 Å². The van der Waals surface area contributed by atoms with E-state index in [4.69, 9.17) is 4.74 Å². The van der Waals surface area contributed by atoms with Crippen molar-refractivity contribution in [3.8, 4) is 0 Å². The van der Waals surface area contributed by atoms with Crippen molar-refractivity contribution in [1.82, 2.24) is 0 Å². The molecule has 4 nitrogen and oxygen atoms in total. The molecule has 1 fully saturated rings. The number of ketones is 1. The van der Waals surface area contributed by atoms with Crippen molar-refractivity contribution in [3.63, 3.8) is 0 Å². The Morgan fingerprint density at radius 2 is 2.00 bits per heavy atom. The number of ether oxygens (including phenoxy) is 1. The third-order valence-corrected chi connectivity index (χ3v) is 5.98. The Balaban J connectivity index is 1.91. The van der Waals surface area contributed by atoms with E-state index in [0.717, 1.165) is 25.7 Å². The molecule has 0 heterocycles. The molecule has 126 valence electrons. The van der Waals surface area contributed by atoms with Crippen LogP contribution in [0.4, 0.5) is 0 Å². The zero-order chi connectivity index (χ0) is 16.7. The molecule has 0 unspecified atom stereocenters. The SMILES string of the molecule is CO/C=C1\CCCC[C@H]1CCC(=O)CS(=O)(=O)c1ccccc1. The van der Waals surface area contributed by atoms with Gasteiger partial charge >= 0.3 is 0 Å². The summed E-state index contributed by atoms with van der Waals surface area (Å²) in [7, 11) is -1.89. The van der Waals surface area contributed by atoms with Crippen LogP contribution < -0.4 is 0 Å². The van der Waals surface area contributed by atoms with Crippen LogP contribution in [0.5, 0.6) is 0 Å². The summed E-state index contributed by atoms with van der Waals surface area (Å²) in [5.41, 5.74) is 1.25. The molecule has 0 spiro atoms. The van der Waals surface area contributed by atoms with Gasteiger partial charge in [0.05, 0.1) is 18.3 Å². The van der Waals surface area contributed by atoms with Gasteiger partial charge in [-0.15, -0.1) is 0 Å². The number of carbonyl (C=O) groups excluding carboxylic acids is 1. The molecule has 0 N–H and O–H groups in total. The highest BCUT2D eigenvalue weighted by Crippen LogP contribution is 2.32. The molecule has 1 aliphatic carbocycles. The Labute approximate surface area is 138 Å². The standard InChI is InChI=1S/C18H24O4S/c1-22-13-16-8-6-5-7-15(16)11-12-17(19)14-23(20,21)18-9-3-2-4-10-18/h2-4,9-10,13,15H,5-8,11-12,14H2,1H3/b16-13+/t15-/m0/s1. The fourth-order valence-corrected chi connectivity index (χ4v) is 4.38. The van der Waals surface area contributed by atoms with Gasteiger partial charge in [-0.1, -0.05) is 24.6 Å². The van der Waals surface area contributed by atoms with Crippen LogP contribution in [0.3, 0.4) is 0 Å². The highest BCUT2D eigenvalue weighted by Gasteiger charge is 2.23. The summed E-state index contributed by atoms with van der Waals surface area (Å²) in [6, 6.07) is 8.16. The molecule has 1 saturated carbocycles. The molecular formula is C18H24O4S. The quantitative estimate of drug-likeness (QED) is 0.715. The van der Waals surface area contributed by atoms with Crippen molar-refractivity contribution in [1.29, 1.82) is 0 Å². The number of methoxy groups -OCH3 is 1. The number of carbonyl (C=O) groups is 1. The summed E-state index contributed by atoms with van der Waals surface area (Å²) in [4.78, 5) is 12.3. The first-order chi connectivity index (χ1) is 11.0. The van der Waals surface area contributed by atoms with E-state index in [2.05, 4.69) is 0 Å². The summed E-state index contributed by atoms with van der Waals surface area (Å²) in [5.74, 6) is -0.282. The minimum absolute atomic E-state index is 0.212. The fraction of sp³-hybridized carbons (Fsp3) is 0.500. The Bertz CT molecular complexity index is 647. The third-order valence-electron chi connectivity index (χ3n) is 4.29. The second-order valence-electron chi connectivity index (χ2n) is 6.02. The van der Waals surface area contributed by atoms with Crippen molar-refractivity contribution >= 4 is 15.6 Å². The van der Waals surface area contributed by atoms with Crippen LogP contribution in [-0.2, 0) is 19.4 Å². The number of sulfone groups is 1. The van der Waals surface area contributed by atoms with Gasteiger partial charge in [-0.2, -0.15) is 0 Å². The largest absolute Gasteiger partial charge is 0.504 e. The third kappa shape index (κ3) is 5.20. The molecule has 0 bridgehead atoms. The van der Waals surface area contributed by atoms with E-state index in [0.29, 0.717) is 18.8 Å². The Kier molecular flexibility index (Phi) is 6.39. The van der Waals surface area contributed by atoms with E-state index in [-0.39, 0.29) is 10.7 Å². The summed E-state index contributed by atoms with van der Waals surface area (Å²) >= 11 is 0. The number of rotatable bonds is 7. The predicted molar refractivity (Wildman–Crippen MR) is 89.8 cm³/mol. The molecule has 0 radical (unpaired) electrons. The van der Waals surface area contributed by atoms with Gasteiger partial charge in [-0.05, 0) is 49.3 Å². The van der Waals surface area contributed by atoms with E-state index < -0.39 is 15.6 Å². The van der Waals surface area contributed by atoms with Gasteiger partial charge < -0.3 is 4.74 Å². The van der Waals surface area contributed by atoms with Crippen LogP contribution in [0.15, 0.2) is 47.1 Å². The lowest BCUT2D eigenvalue weighted by molar-refractivity contribution is -0.116. The van der Waals surface area contributed by atoms with Crippen molar-refractivity contribution in [2.75, 3.05) is 12.9 Å². The van der Waals surface area contributed by atoms with Crippen LogP contribution in [0, 0.1) is 5.92 Å². The number of Topliss-reactive ketones (excluding diaryl/α,β-unsaturated/α-hetero) is 1. The van der Waals surface area contributed by atoms with Gasteiger partial charge in [0.25, 0.3) is 0 Å². The van der Waals surface area contributed by atoms with Crippen LogP contribution in [0.25, 0.3) is 0 Å². The lowest BCUT2D eigenvalue weighted by Crippen LogP contribution is -2.18. The summed E-state index contributed by atoms with van der Waals surface area (Å²) in [5, 5.41) is 0. The van der Waals surface area contributed by atoms with Crippen LogP contribution >= 0.6 is 0 Å². The molecule has 1 aliphatic rings. The van der Waals surface area contributed by atoms with Crippen LogP contribution in [0.1, 0.15) is 38.5 Å². The average Bonchev–Trinajstić information content (AvgIpc) is 2.55. The van der Waals surface area contributed by atoms with E-state index in [1.165, 1.54) is 17.7 Å². The number of allylic oxidation sites excluding steroid dienone is 1. The molecule has 2 rings (SSSR count). The molecule has 23 heavy (non-hydrogen) atoms. The lowest BCUT2D eigenvalue weighted by atomic mass is 9.82. The van der Waals surface area contributed by atoms with Gasteiger partial charge in [0.1, 0.15) is 11.5 Å². The van der Waals surface area contributed by atoms with Gasteiger partial charge in [-0.3, -0.25) is 4.79 Å². The van der Waals surface area contributed by atoms with Crippen molar-refractivity contribution in [3.05, 3.63) is 42.2 Å². The first-order valence-electron chi connectivity index (χ1n) is 8.04. The van der Waals surface area contributed by atoms with E-state index in [1.54, 1.807) is 31.6 Å². The van der Waals surface area contributed by atoms with Gasteiger partial charge in [0.15, 0.2) is 9.84 Å². The normalized spacial score (nSPS) is 20.4. The maximum Gasteiger partial charge on any atom is 0.185 e. The summed E-state index contributed by atoms with van der Waals surface area (Å²) in [6.45, 7) is 0. The minimum atomic E-state index is -3.53. The smallest absolute Gasteiger partial charge is 0.185 e. The van der Waals surface area contributed by atoms with Crippen LogP contribution in [-0.4, -0.2) is 27.1 Å². The second kappa shape index (κ2) is 8.29. The Hall–Kier alpha value is -1.62. The zero-order valence-electron chi connectivity index (χ0n) is 13.5. The molecule has 0 aliphatic heterocycles. The first kappa shape index (κ1) is 17.7. The second-order valence-corrected chi connectivity index (χ2v) is 8.01. The summed E-state index contributed by atoms with van der Waals surface area (Å²) < 4.78 is 29.5. The van der Waals surface area contributed by atoms with Gasteiger partial charge in [0.2, 0.25) is 0 Å². The van der Waals surface area contributed by atoms with Gasteiger partial charge in [-0.25, -0.2) is 8.42 Å². The molecule has 0 aromatic heterocycles. The Morgan fingerprint density at radius 3 is 2.70 bits per heavy atom. The van der Waals surface area contributed by atoms with E-state index >= 15 is 0 Å².